The van der Waals surface area contributed by atoms with E-state index in [1.165, 1.54) is 0 Å². The number of amides is 1. The standard InChI is InChI=1S/C21H27N5O2/c1-21(2,15-23)28-20(27)26-13-17-11-25(12-18(17)14-26)9-3-8-24-19-6-4-16(10-22)5-7-19/h4-7,17-18,24H,3,8-9,11-14H2,1-2H3. The number of hydrogen-bond acceptors (Lipinski definition) is 6. The Labute approximate surface area is 166 Å². The van der Waals surface area contributed by atoms with Crippen molar-refractivity contribution in [2.45, 2.75) is 25.9 Å². The Hall–Kier alpha value is -2.77. The number of nitrogens with one attached hydrogen (secondary N) is 1. The minimum atomic E-state index is -1.08. The Morgan fingerprint density at radius 2 is 1.82 bits per heavy atom. The molecule has 2 aliphatic heterocycles. The molecule has 0 aromatic heterocycles. The van der Waals surface area contributed by atoms with Crippen molar-refractivity contribution >= 4 is 11.8 Å². The van der Waals surface area contributed by atoms with Crippen molar-refractivity contribution in [2.24, 2.45) is 11.8 Å². The van der Waals surface area contributed by atoms with Gasteiger partial charge in [0.1, 0.15) is 6.07 Å². The van der Waals surface area contributed by atoms with Gasteiger partial charge in [-0.25, -0.2) is 4.79 Å². The van der Waals surface area contributed by atoms with Gasteiger partial charge in [-0.2, -0.15) is 10.5 Å². The van der Waals surface area contributed by atoms with Gasteiger partial charge in [0.15, 0.2) is 5.60 Å². The van der Waals surface area contributed by atoms with Crippen molar-refractivity contribution in [3.8, 4) is 12.1 Å². The number of carbonyl (C=O) groups excluding carboxylic acids is 1. The van der Waals surface area contributed by atoms with Gasteiger partial charge in [-0.15, -0.1) is 0 Å². The molecule has 0 aliphatic carbocycles. The lowest BCUT2D eigenvalue weighted by molar-refractivity contribution is 0.0478. The molecule has 148 valence electrons. The van der Waals surface area contributed by atoms with Crippen molar-refractivity contribution in [2.75, 3.05) is 44.6 Å². The number of anilines is 1. The van der Waals surface area contributed by atoms with E-state index in [9.17, 15) is 4.79 Å². The summed E-state index contributed by atoms with van der Waals surface area (Å²) in [6.07, 6.45) is 0.667. The summed E-state index contributed by atoms with van der Waals surface area (Å²) in [6.45, 7) is 8.57. The molecule has 7 heteroatoms. The molecule has 0 saturated carbocycles. The largest absolute Gasteiger partial charge is 0.428 e. The molecular weight excluding hydrogens is 354 g/mol. The molecule has 7 nitrogen and oxygen atoms in total. The van der Waals surface area contributed by atoms with Crippen LogP contribution in [0.5, 0.6) is 0 Å². The Kier molecular flexibility index (Phi) is 6.06. The second-order valence-electron chi connectivity index (χ2n) is 8.14. The first-order chi connectivity index (χ1) is 13.4. The smallest absolute Gasteiger partial charge is 0.411 e. The fourth-order valence-corrected chi connectivity index (χ4v) is 3.93. The van der Waals surface area contributed by atoms with Crippen molar-refractivity contribution in [3.63, 3.8) is 0 Å². The van der Waals surface area contributed by atoms with Gasteiger partial charge in [-0.3, -0.25) is 0 Å². The van der Waals surface area contributed by atoms with E-state index < -0.39 is 5.60 Å². The third-order valence-electron chi connectivity index (χ3n) is 5.43. The minimum Gasteiger partial charge on any atom is -0.428 e. The molecule has 1 N–H and O–H groups in total. The van der Waals surface area contributed by atoms with Crippen LogP contribution in [0.3, 0.4) is 0 Å². The lowest BCUT2D eigenvalue weighted by Gasteiger charge is -2.24. The molecular formula is C21H27N5O2. The van der Waals surface area contributed by atoms with Crippen LogP contribution in [0.25, 0.3) is 0 Å². The van der Waals surface area contributed by atoms with Crippen molar-refractivity contribution < 1.29 is 9.53 Å². The highest BCUT2D eigenvalue weighted by Crippen LogP contribution is 2.31. The van der Waals surface area contributed by atoms with Gasteiger partial charge in [-0.1, -0.05) is 0 Å². The van der Waals surface area contributed by atoms with Crippen LogP contribution in [-0.2, 0) is 4.74 Å². The topological polar surface area (TPSA) is 92.4 Å². The average molecular weight is 381 g/mol. The van der Waals surface area contributed by atoms with Crippen molar-refractivity contribution in [1.82, 2.24) is 9.80 Å². The Bertz CT molecular complexity index is 763. The van der Waals surface area contributed by atoms with E-state index in [0.29, 0.717) is 30.5 Å². The molecule has 2 heterocycles. The molecule has 2 saturated heterocycles. The lowest BCUT2D eigenvalue weighted by atomic mass is 10.0. The summed E-state index contributed by atoms with van der Waals surface area (Å²) in [7, 11) is 0. The summed E-state index contributed by atoms with van der Waals surface area (Å²) >= 11 is 0. The molecule has 1 aromatic carbocycles. The monoisotopic (exact) mass is 381 g/mol. The van der Waals surface area contributed by atoms with Crippen molar-refractivity contribution in [1.29, 1.82) is 10.5 Å². The summed E-state index contributed by atoms with van der Waals surface area (Å²) in [4.78, 5) is 16.4. The third kappa shape index (κ3) is 4.94. The van der Waals surface area contributed by atoms with Crippen LogP contribution in [0.2, 0.25) is 0 Å². The molecule has 0 radical (unpaired) electrons. The first-order valence-corrected chi connectivity index (χ1v) is 9.76. The molecule has 2 aliphatic rings. The predicted molar refractivity (Wildman–Crippen MR) is 105 cm³/mol. The lowest BCUT2D eigenvalue weighted by Crippen LogP contribution is -2.38. The van der Waals surface area contributed by atoms with E-state index in [4.69, 9.17) is 15.3 Å². The number of fused-ring (bicyclic) bond motifs is 1. The maximum atomic E-state index is 12.2. The van der Waals surface area contributed by atoms with Crippen LogP contribution < -0.4 is 5.32 Å². The van der Waals surface area contributed by atoms with E-state index in [-0.39, 0.29) is 6.09 Å². The van der Waals surface area contributed by atoms with E-state index >= 15 is 0 Å². The van der Waals surface area contributed by atoms with Gasteiger partial charge in [-0.05, 0) is 62.9 Å². The predicted octanol–water partition coefficient (Wildman–Crippen LogP) is 2.66. The fraction of sp³-hybridized carbons (Fsp3) is 0.571. The molecule has 2 fully saturated rings. The first kappa shape index (κ1) is 20.0. The van der Waals surface area contributed by atoms with Gasteiger partial charge >= 0.3 is 6.09 Å². The maximum absolute atomic E-state index is 12.2. The highest BCUT2D eigenvalue weighted by atomic mass is 16.6. The Morgan fingerprint density at radius 3 is 2.39 bits per heavy atom. The summed E-state index contributed by atoms with van der Waals surface area (Å²) < 4.78 is 5.29. The molecule has 3 rings (SSSR count). The Morgan fingerprint density at radius 1 is 1.18 bits per heavy atom. The van der Waals surface area contributed by atoms with E-state index in [2.05, 4.69) is 16.3 Å². The first-order valence-electron chi connectivity index (χ1n) is 9.76. The quantitative estimate of drug-likeness (QED) is 0.762. The average Bonchev–Trinajstić information content (AvgIpc) is 3.24. The zero-order valence-electron chi connectivity index (χ0n) is 16.5. The molecule has 2 atom stereocenters. The van der Waals surface area contributed by atoms with Crippen LogP contribution in [-0.4, -0.2) is 60.8 Å². The van der Waals surface area contributed by atoms with E-state index in [1.807, 2.05) is 30.3 Å². The minimum absolute atomic E-state index is 0.376. The summed E-state index contributed by atoms with van der Waals surface area (Å²) in [5.74, 6) is 0.980. The zero-order valence-corrected chi connectivity index (χ0v) is 16.5. The molecule has 28 heavy (non-hydrogen) atoms. The van der Waals surface area contributed by atoms with Gasteiger partial charge in [0.2, 0.25) is 0 Å². The number of nitrogens with zero attached hydrogens (tertiary/aromatic N) is 4. The highest BCUT2D eigenvalue weighted by molar-refractivity contribution is 5.69. The summed E-state index contributed by atoms with van der Waals surface area (Å²) in [5.41, 5.74) is 0.623. The molecule has 1 aromatic rings. The SMILES string of the molecule is CC(C)(C#N)OC(=O)N1CC2CN(CCCNc3ccc(C#N)cc3)CC2C1. The van der Waals surface area contributed by atoms with Crippen LogP contribution in [0.1, 0.15) is 25.8 Å². The zero-order chi connectivity index (χ0) is 20.1. The van der Waals surface area contributed by atoms with E-state index in [0.717, 1.165) is 38.3 Å². The van der Waals surface area contributed by atoms with E-state index in [1.54, 1.807) is 18.7 Å². The van der Waals surface area contributed by atoms with Crippen molar-refractivity contribution in [3.05, 3.63) is 29.8 Å². The van der Waals surface area contributed by atoms with Gasteiger partial charge in [0, 0.05) is 38.4 Å². The van der Waals surface area contributed by atoms with Gasteiger partial charge < -0.3 is 19.9 Å². The number of benzene rings is 1. The molecule has 1 amide bonds. The summed E-state index contributed by atoms with van der Waals surface area (Å²) in [5, 5.41) is 21.2. The van der Waals surface area contributed by atoms with Gasteiger partial charge in [0.05, 0.1) is 11.6 Å². The van der Waals surface area contributed by atoms with Gasteiger partial charge in [0.25, 0.3) is 0 Å². The number of likely N-dealkylation sites (tertiary alicyclic amines) is 2. The highest BCUT2D eigenvalue weighted by Gasteiger charge is 2.42. The van der Waals surface area contributed by atoms with Crippen LogP contribution in [0.4, 0.5) is 10.5 Å². The Balaban J connectivity index is 1.35. The van der Waals surface area contributed by atoms with Crippen LogP contribution in [0.15, 0.2) is 24.3 Å². The normalized spacial score (nSPS) is 21.6. The number of ether oxygens (including phenoxy) is 1. The molecule has 0 bridgehead atoms. The molecule has 2 unspecified atom stereocenters. The molecule has 0 spiro atoms. The number of carbonyl (C=O) groups is 1. The third-order valence-corrected chi connectivity index (χ3v) is 5.43. The summed E-state index contributed by atoms with van der Waals surface area (Å²) in [6, 6.07) is 11.6. The second-order valence-corrected chi connectivity index (χ2v) is 8.14. The fourth-order valence-electron chi connectivity index (χ4n) is 3.93. The number of rotatable bonds is 6. The van der Waals surface area contributed by atoms with Crippen LogP contribution >= 0.6 is 0 Å². The maximum Gasteiger partial charge on any atom is 0.411 e. The number of hydrogen-bond donors (Lipinski definition) is 1. The van der Waals surface area contributed by atoms with Crippen LogP contribution in [0, 0.1) is 34.5 Å². The number of nitriles is 2. The second kappa shape index (κ2) is 8.50.